The highest BCUT2D eigenvalue weighted by Gasteiger charge is 2.22. The first-order valence-corrected chi connectivity index (χ1v) is 8.21. The number of hydrogen-bond acceptors (Lipinski definition) is 5. The van der Waals surface area contributed by atoms with Gasteiger partial charge in [-0.2, -0.15) is 0 Å². The van der Waals surface area contributed by atoms with E-state index in [0.29, 0.717) is 11.3 Å². The molecule has 0 spiro atoms. The van der Waals surface area contributed by atoms with E-state index in [1.165, 1.54) is 26.4 Å². The van der Waals surface area contributed by atoms with Crippen molar-refractivity contribution in [3.05, 3.63) is 42.5 Å². The Morgan fingerprint density at radius 1 is 1.09 bits per heavy atom. The van der Waals surface area contributed by atoms with E-state index in [2.05, 4.69) is 14.7 Å². The van der Waals surface area contributed by atoms with Gasteiger partial charge in [0.25, 0.3) is 10.0 Å². The third-order valence-corrected chi connectivity index (χ3v) is 4.64. The van der Waals surface area contributed by atoms with Crippen molar-refractivity contribution in [3.8, 4) is 11.5 Å². The molecule has 3 aromatic rings. The number of benzene rings is 2. The van der Waals surface area contributed by atoms with E-state index in [4.69, 9.17) is 9.47 Å². The van der Waals surface area contributed by atoms with Crippen LogP contribution in [0, 0.1) is 0 Å². The number of imidazole rings is 1. The molecule has 3 rings (SSSR count). The molecule has 0 unspecified atom stereocenters. The molecule has 0 bridgehead atoms. The molecule has 1 heterocycles. The monoisotopic (exact) mass is 333 g/mol. The number of ether oxygens (including phenoxy) is 2. The third-order valence-electron chi connectivity index (χ3n) is 3.28. The summed E-state index contributed by atoms with van der Waals surface area (Å²) in [5.41, 5.74) is 1.41. The SMILES string of the molecule is COc1ccc(OC)c(S(=O)(=O)Nc2nc3ccccc3[nH]2)c1. The lowest BCUT2D eigenvalue weighted by Gasteiger charge is -2.11. The highest BCUT2D eigenvalue weighted by molar-refractivity contribution is 7.92. The van der Waals surface area contributed by atoms with Gasteiger partial charge in [-0.05, 0) is 24.3 Å². The molecule has 2 N–H and O–H groups in total. The molecule has 2 aromatic carbocycles. The number of para-hydroxylation sites is 2. The Balaban J connectivity index is 2.01. The minimum Gasteiger partial charge on any atom is -0.497 e. The number of aromatic amines is 1. The van der Waals surface area contributed by atoms with E-state index in [1.807, 2.05) is 18.2 Å². The molecule has 0 saturated carbocycles. The number of methoxy groups -OCH3 is 2. The van der Waals surface area contributed by atoms with Crippen LogP contribution in [0.2, 0.25) is 0 Å². The Labute approximate surface area is 133 Å². The predicted molar refractivity (Wildman–Crippen MR) is 86.4 cm³/mol. The summed E-state index contributed by atoms with van der Waals surface area (Å²) < 4.78 is 37.9. The van der Waals surface area contributed by atoms with Gasteiger partial charge in [0.2, 0.25) is 5.95 Å². The number of hydrogen-bond donors (Lipinski definition) is 2. The molecule has 0 aliphatic carbocycles. The van der Waals surface area contributed by atoms with Crippen LogP contribution in [0.25, 0.3) is 11.0 Å². The predicted octanol–water partition coefficient (Wildman–Crippen LogP) is 2.38. The van der Waals surface area contributed by atoms with Crippen molar-refractivity contribution in [1.82, 2.24) is 9.97 Å². The van der Waals surface area contributed by atoms with Gasteiger partial charge in [0, 0.05) is 6.07 Å². The first-order valence-electron chi connectivity index (χ1n) is 6.73. The molecule has 0 atom stereocenters. The topological polar surface area (TPSA) is 93.3 Å². The molecule has 0 saturated heterocycles. The standard InChI is InChI=1S/C15H15N3O4S/c1-21-10-7-8-13(22-2)14(9-10)23(19,20)18-15-16-11-5-3-4-6-12(11)17-15/h3-9H,1-2H3,(H2,16,17,18). The van der Waals surface area contributed by atoms with Gasteiger partial charge < -0.3 is 14.5 Å². The zero-order chi connectivity index (χ0) is 16.4. The van der Waals surface area contributed by atoms with Gasteiger partial charge in [-0.25, -0.2) is 18.1 Å². The van der Waals surface area contributed by atoms with Crippen LogP contribution in [-0.4, -0.2) is 32.6 Å². The number of nitrogens with one attached hydrogen (secondary N) is 2. The Morgan fingerprint density at radius 3 is 2.57 bits per heavy atom. The van der Waals surface area contributed by atoms with Crippen LogP contribution in [0.3, 0.4) is 0 Å². The van der Waals surface area contributed by atoms with E-state index >= 15 is 0 Å². The summed E-state index contributed by atoms with van der Waals surface area (Å²) in [6.45, 7) is 0. The largest absolute Gasteiger partial charge is 0.497 e. The van der Waals surface area contributed by atoms with Crippen molar-refractivity contribution >= 4 is 27.0 Å². The lowest BCUT2D eigenvalue weighted by atomic mass is 10.3. The molecular weight excluding hydrogens is 318 g/mol. The lowest BCUT2D eigenvalue weighted by molar-refractivity contribution is 0.392. The molecule has 120 valence electrons. The maximum atomic E-state index is 12.6. The highest BCUT2D eigenvalue weighted by Crippen LogP contribution is 2.29. The fraction of sp³-hybridized carbons (Fsp3) is 0.133. The summed E-state index contributed by atoms with van der Waals surface area (Å²) in [6.07, 6.45) is 0. The molecule has 0 aliphatic rings. The summed E-state index contributed by atoms with van der Waals surface area (Å²) in [4.78, 5) is 7.09. The van der Waals surface area contributed by atoms with Crippen molar-refractivity contribution in [2.24, 2.45) is 0 Å². The fourth-order valence-corrected chi connectivity index (χ4v) is 3.33. The van der Waals surface area contributed by atoms with Crippen molar-refractivity contribution < 1.29 is 17.9 Å². The average molecular weight is 333 g/mol. The summed E-state index contributed by atoms with van der Waals surface area (Å²) in [5.74, 6) is 0.765. The van der Waals surface area contributed by atoms with Gasteiger partial charge in [-0.1, -0.05) is 12.1 Å². The summed E-state index contributed by atoms with van der Waals surface area (Å²) in [7, 11) is -1.02. The van der Waals surface area contributed by atoms with Crippen molar-refractivity contribution in [2.75, 3.05) is 18.9 Å². The van der Waals surface area contributed by atoms with Crippen LogP contribution in [0.1, 0.15) is 0 Å². The van der Waals surface area contributed by atoms with Crippen LogP contribution >= 0.6 is 0 Å². The van der Waals surface area contributed by atoms with E-state index in [-0.39, 0.29) is 16.6 Å². The Hall–Kier alpha value is -2.74. The number of sulfonamides is 1. The first kappa shape index (κ1) is 15.2. The smallest absolute Gasteiger partial charge is 0.268 e. The van der Waals surface area contributed by atoms with Crippen molar-refractivity contribution in [3.63, 3.8) is 0 Å². The van der Waals surface area contributed by atoms with Gasteiger partial charge in [-0.15, -0.1) is 0 Å². The number of rotatable bonds is 5. The number of H-pyrrole nitrogens is 1. The summed E-state index contributed by atoms with van der Waals surface area (Å²) >= 11 is 0. The number of aromatic nitrogens is 2. The Kier molecular flexibility index (Phi) is 3.83. The van der Waals surface area contributed by atoms with Gasteiger partial charge in [0.1, 0.15) is 16.4 Å². The minimum absolute atomic E-state index is 0.0280. The van der Waals surface area contributed by atoms with Crippen molar-refractivity contribution in [1.29, 1.82) is 0 Å². The molecule has 0 radical (unpaired) electrons. The van der Waals surface area contributed by atoms with E-state index in [0.717, 1.165) is 5.52 Å². The fourth-order valence-electron chi connectivity index (χ4n) is 2.18. The quantitative estimate of drug-likeness (QED) is 0.748. The molecule has 0 aliphatic heterocycles. The van der Waals surface area contributed by atoms with Crippen molar-refractivity contribution in [2.45, 2.75) is 4.90 Å². The first-order chi connectivity index (χ1) is 11.0. The zero-order valence-electron chi connectivity index (χ0n) is 12.5. The lowest BCUT2D eigenvalue weighted by Crippen LogP contribution is -2.15. The number of nitrogens with zero attached hydrogens (tertiary/aromatic N) is 1. The van der Waals surface area contributed by atoms with Gasteiger partial charge in [0.05, 0.1) is 25.3 Å². The van der Waals surface area contributed by atoms with E-state index in [9.17, 15) is 8.42 Å². The third kappa shape index (κ3) is 2.93. The highest BCUT2D eigenvalue weighted by atomic mass is 32.2. The van der Waals surface area contributed by atoms with Crippen LogP contribution in [0.4, 0.5) is 5.95 Å². The second-order valence-electron chi connectivity index (χ2n) is 4.72. The average Bonchev–Trinajstić information content (AvgIpc) is 2.95. The van der Waals surface area contributed by atoms with E-state index < -0.39 is 10.0 Å². The normalized spacial score (nSPS) is 11.4. The number of fused-ring (bicyclic) bond motifs is 1. The molecule has 8 heteroatoms. The molecule has 23 heavy (non-hydrogen) atoms. The Bertz CT molecular complexity index is 917. The van der Waals surface area contributed by atoms with Crippen LogP contribution in [0.15, 0.2) is 47.4 Å². The molecule has 0 fully saturated rings. The minimum atomic E-state index is -3.89. The zero-order valence-corrected chi connectivity index (χ0v) is 13.3. The number of anilines is 1. The maximum Gasteiger partial charge on any atom is 0.268 e. The molecule has 1 aromatic heterocycles. The van der Waals surface area contributed by atoms with Gasteiger partial charge >= 0.3 is 0 Å². The van der Waals surface area contributed by atoms with Gasteiger partial charge in [0.15, 0.2) is 0 Å². The second-order valence-corrected chi connectivity index (χ2v) is 6.38. The maximum absolute atomic E-state index is 12.6. The van der Waals surface area contributed by atoms with Gasteiger partial charge in [-0.3, -0.25) is 0 Å². The summed E-state index contributed by atoms with van der Waals surface area (Å²) in [5, 5.41) is 0. The van der Waals surface area contributed by atoms with Crippen LogP contribution in [-0.2, 0) is 10.0 Å². The van der Waals surface area contributed by atoms with E-state index in [1.54, 1.807) is 12.1 Å². The summed E-state index contributed by atoms with van der Waals surface area (Å²) in [6, 6.07) is 11.8. The van der Waals surface area contributed by atoms with Crippen LogP contribution < -0.4 is 14.2 Å². The Morgan fingerprint density at radius 2 is 1.87 bits per heavy atom. The van der Waals surface area contributed by atoms with Crippen LogP contribution in [0.5, 0.6) is 11.5 Å². The second kappa shape index (κ2) is 5.81. The molecule has 7 nitrogen and oxygen atoms in total. The molecule has 0 amide bonds. The molecular formula is C15H15N3O4S.